The van der Waals surface area contributed by atoms with Gasteiger partial charge in [0.15, 0.2) is 0 Å². The number of hydrogen-bond donors (Lipinski definition) is 0. The zero-order valence-corrected chi connectivity index (χ0v) is 16.9. The van der Waals surface area contributed by atoms with Gasteiger partial charge in [-0.3, -0.25) is 4.79 Å². The van der Waals surface area contributed by atoms with Crippen molar-refractivity contribution in [1.29, 1.82) is 0 Å². The van der Waals surface area contributed by atoms with Gasteiger partial charge in [0, 0.05) is 55.3 Å². The Kier molecular flexibility index (Phi) is 6.10. The molecular weight excluding hydrogens is 388 g/mol. The number of carbonyl (C=O) groups is 1. The SMILES string of the molecule is O=C(CCCc1nc(-c2ccccc2)no1)N1CCN(c2ccc(Cl)cc2)CC1. The van der Waals surface area contributed by atoms with E-state index in [9.17, 15) is 4.79 Å². The molecule has 0 unspecified atom stereocenters. The lowest BCUT2D eigenvalue weighted by atomic mass is 10.2. The average Bonchev–Trinajstić information content (AvgIpc) is 3.24. The predicted molar refractivity (Wildman–Crippen MR) is 113 cm³/mol. The molecule has 1 fully saturated rings. The van der Waals surface area contributed by atoms with Crippen LogP contribution < -0.4 is 4.90 Å². The van der Waals surface area contributed by atoms with Gasteiger partial charge in [-0.2, -0.15) is 4.98 Å². The summed E-state index contributed by atoms with van der Waals surface area (Å²) in [6.45, 7) is 3.13. The second kappa shape index (κ2) is 9.09. The molecule has 0 bridgehead atoms. The first kappa shape index (κ1) is 19.5. The zero-order valence-electron chi connectivity index (χ0n) is 16.1. The highest BCUT2D eigenvalue weighted by atomic mass is 35.5. The van der Waals surface area contributed by atoms with Crippen LogP contribution in [0, 0.1) is 0 Å². The van der Waals surface area contributed by atoms with E-state index < -0.39 is 0 Å². The number of halogens is 1. The quantitative estimate of drug-likeness (QED) is 0.613. The molecule has 0 radical (unpaired) electrons. The molecule has 0 atom stereocenters. The van der Waals surface area contributed by atoms with Gasteiger partial charge in [0.05, 0.1) is 0 Å². The lowest BCUT2D eigenvalue weighted by Crippen LogP contribution is -2.48. The van der Waals surface area contributed by atoms with Crippen molar-refractivity contribution in [2.75, 3.05) is 31.1 Å². The molecule has 1 saturated heterocycles. The summed E-state index contributed by atoms with van der Waals surface area (Å²) < 4.78 is 5.32. The van der Waals surface area contributed by atoms with Gasteiger partial charge in [0.25, 0.3) is 0 Å². The van der Waals surface area contributed by atoms with E-state index in [1.165, 1.54) is 0 Å². The third-order valence-electron chi connectivity index (χ3n) is 5.11. The van der Waals surface area contributed by atoms with Crippen molar-refractivity contribution in [2.24, 2.45) is 0 Å². The summed E-state index contributed by atoms with van der Waals surface area (Å²) in [5.74, 6) is 1.35. The molecule has 150 valence electrons. The highest BCUT2D eigenvalue weighted by Crippen LogP contribution is 2.20. The number of carbonyl (C=O) groups excluding carboxylic acids is 1. The molecule has 1 aromatic heterocycles. The second-order valence-corrected chi connectivity index (χ2v) is 7.51. The topological polar surface area (TPSA) is 62.5 Å². The Balaban J connectivity index is 1.22. The Morgan fingerprint density at radius 1 is 1.00 bits per heavy atom. The van der Waals surface area contributed by atoms with E-state index in [1.54, 1.807) is 0 Å². The van der Waals surface area contributed by atoms with Gasteiger partial charge in [-0.15, -0.1) is 0 Å². The van der Waals surface area contributed by atoms with Crippen LogP contribution in [-0.4, -0.2) is 47.1 Å². The molecule has 2 aromatic carbocycles. The normalized spacial score (nSPS) is 14.2. The number of aryl methyl sites for hydroxylation is 1. The van der Waals surface area contributed by atoms with Gasteiger partial charge >= 0.3 is 0 Å². The van der Waals surface area contributed by atoms with Crippen molar-refractivity contribution >= 4 is 23.2 Å². The number of hydrogen-bond acceptors (Lipinski definition) is 5. The van der Waals surface area contributed by atoms with Crippen LogP contribution in [0.4, 0.5) is 5.69 Å². The Morgan fingerprint density at radius 2 is 1.72 bits per heavy atom. The number of aromatic nitrogens is 2. The monoisotopic (exact) mass is 410 g/mol. The molecule has 2 heterocycles. The fraction of sp³-hybridized carbons (Fsp3) is 0.318. The molecule has 7 heteroatoms. The Bertz CT molecular complexity index is 935. The van der Waals surface area contributed by atoms with E-state index in [2.05, 4.69) is 15.0 Å². The van der Waals surface area contributed by atoms with E-state index in [0.29, 0.717) is 31.0 Å². The maximum absolute atomic E-state index is 12.5. The van der Waals surface area contributed by atoms with Gasteiger partial charge in [-0.05, 0) is 30.7 Å². The van der Waals surface area contributed by atoms with Crippen molar-refractivity contribution in [1.82, 2.24) is 15.0 Å². The smallest absolute Gasteiger partial charge is 0.226 e. The first-order chi connectivity index (χ1) is 14.2. The van der Waals surface area contributed by atoms with Crippen LogP contribution in [0.5, 0.6) is 0 Å². The minimum absolute atomic E-state index is 0.184. The number of anilines is 1. The van der Waals surface area contributed by atoms with Crippen LogP contribution in [-0.2, 0) is 11.2 Å². The summed E-state index contributed by atoms with van der Waals surface area (Å²) in [6, 6.07) is 17.6. The molecule has 4 rings (SSSR count). The molecule has 29 heavy (non-hydrogen) atoms. The van der Waals surface area contributed by atoms with Gasteiger partial charge in [0.2, 0.25) is 17.6 Å². The minimum Gasteiger partial charge on any atom is -0.368 e. The van der Waals surface area contributed by atoms with Crippen LogP contribution in [0.25, 0.3) is 11.4 Å². The highest BCUT2D eigenvalue weighted by Gasteiger charge is 2.21. The molecule has 1 aliphatic heterocycles. The van der Waals surface area contributed by atoms with Crippen molar-refractivity contribution in [3.8, 4) is 11.4 Å². The molecule has 0 spiro atoms. The first-order valence-corrected chi connectivity index (χ1v) is 10.2. The summed E-state index contributed by atoms with van der Waals surface area (Å²) in [7, 11) is 0. The number of amides is 1. The number of rotatable bonds is 6. The predicted octanol–water partition coefficient (Wildman–Crippen LogP) is 4.06. The maximum atomic E-state index is 12.5. The average molecular weight is 411 g/mol. The molecule has 1 aliphatic rings. The van der Waals surface area contributed by atoms with Crippen LogP contribution in [0.1, 0.15) is 18.7 Å². The van der Waals surface area contributed by atoms with Crippen LogP contribution in [0.3, 0.4) is 0 Å². The third-order valence-corrected chi connectivity index (χ3v) is 5.36. The van der Waals surface area contributed by atoms with Crippen molar-refractivity contribution in [3.63, 3.8) is 0 Å². The molecular formula is C22H23ClN4O2. The standard InChI is InChI=1S/C22H23ClN4O2/c23-18-9-11-19(12-10-18)26-13-15-27(16-14-26)21(28)8-4-7-20-24-22(25-29-20)17-5-2-1-3-6-17/h1-3,5-6,9-12H,4,7-8,13-16H2. The largest absolute Gasteiger partial charge is 0.368 e. The van der Waals surface area contributed by atoms with E-state index in [1.807, 2.05) is 59.5 Å². The van der Waals surface area contributed by atoms with E-state index in [-0.39, 0.29) is 5.91 Å². The van der Waals surface area contributed by atoms with Crippen LogP contribution in [0.2, 0.25) is 5.02 Å². The number of nitrogens with zero attached hydrogens (tertiary/aromatic N) is 4. The van der Waals surface area contributed by atoms with Crippen molar-refractivity contribution < 1.29 is 9.32 Å². The number of benzene rings is 2. The summed E-state index contributed by atoms with van der Waals surface area (Å²) in [4.78, 5) is 21.2. The molecule has 0 aliphatic carbocycles. The van der Waals surface area contributed by atoms with Crippen LogP contribution >= 0.6 is 11.6 Å². The maximum Gasteiger partial charge on any atom is 0.226 e. The Morgan fingerprint density at radius 3 is 2.45 bits per heavy atom. The molecule has 0 saturated carbocycles. The van der Waals surface area contributed by atoms with Crippen molar-refractivity contribution in [3.05, 3.63) is 65.5 Å². The van der Waals surface area contributed by atoms with E-state index in [4.69, 9.17) is 16.1 Å². The molecule has 3 aromatic rings. The molecule has 1 amide bonds. The summed E-state index contributed by atoms with van der Waals surface area (Å²) in [6.07, 6.45) is 1.80. The Hall–Kier alpha value is -2.86. The lowest BCUT2D eigenvalue weighted by Gasteiger charge is -2.36. The zero-order chi connectivity index (χ0) is 20.1. The van der Waals surface area contributed by atoms with Gasteiger partial charge in [-0.1, -0.05) is 47.1 Å². The van der Waals surface area contributed by atoms with Gasteiger partial charge in [0.1, 0.15) is 0 Å². The highest BCUT2D eigenvalue weighted by molar-refractivity contribution is 6.30. The Labute approximate surface area is 175 Å². The van der Waals surface area contributed by atoms with Crippen molar-refractivity contribution in [2.45, 2.75) is 19.3 Å². The first-order valence-electron chi connectivity index (χ1n) is 9.85. The van der Waals surface area contributed by atoms with Gasteiger partial charge < -0.3 is 14.3 Å². The second-order valence-electron chi connectivity index (χ2n) is 7.08. The van der Waals surface area contributed by atoms with Gasteiger partial charge in [-0.25, -0.2) is 0 Å². The summed E-state index contributed by atoms with van der Waals surface area (Å²) in [5.41, 5.74) is 2.07. The molecule has 6 nitrogen and oxygen atoms in total. The summed E-state index contributed by atoms with van der Waals surface area (Å²) in [5, 5.41) is 4.76. The van der Waals surface area contributed by atoms with E-state index in [0.717, 1.165) is 42.5 Å². The van der Waals surface area contributed by atoms with E-state index >= 15 is 0 Å². The number of piperazine rings is 1. The third kappa shape index (κ3) is 4.95. The molecule has 0 N–H and O–H groups in total. The fourth-order valence-electron chi connectivity index (χ4n) is 3.48. The minimum atomic E-state index is 0.184. The summed E-state index contributed by atoms with van der Waals surface area (Å²) >= 11 is 5.95. The lowest BCUT2D eigenvalue weighted by molar-refractivity contribution is -0.131. The fourth-order valence-corrected chi connectivity index (χ4v) is 3.60. The van der Waals surface area contributed by atoms with Crippen LogP contribution in [0.15, 0.2) is 59.1 Å².